The van der Waals surface area contributed by atoms with Crippen LogP contribution >= 0.6 is 0 Å². The van der Waals surface area contributed by atoms with E-state index in [9.17, 15) is 9.59 Å². The Kier molecular flexibility index (Phi) is 4.98. The molecule has 0 radical (unpaired) electrons. The fourth-order valence-electron chi connectivity index (χ4n) is 2.86. The van der Waals surface area contributed by atoms with Crippen molar-refractivity contribution in [3.05, 3.63) is 66.5 Å². The largest absolute Gasteiger partial charge is 0.349 e. The summed E-state index contributed by atoms with van der Waals surface area (Å²) in [6.07, 6.45) is 2.66. The van der Waals surface area contributed by atoms with Crippen LogP contribution in [-0.4, -0.2) is 22.6 Å². The van der Waals surface area contributed by atoms with Crippen molar-refractivity contribution in [3.63, 3.8) is 0 Å². The number of amides is 1. The SMILES string of the molecule is CC(C)CCNC(=O)C(=O)c1c(-c2ccccc2)cc2ccccn12. The highest BCUT2D eigenvalue weighted by molar-refractivity contribution is 6.43. The van der Waals surface area contributed by atoms with E-state index >= 15 is 0 Å². The highest BCUT2D eigenvalue weighted by Gasteiger charge is 2.24. The molecule has 0 atom stereocenters. The number of pyridine rings is 1. The van der Waals surface area contributed by atoms with Gasteiger partial charge in [0.05, 0.1) is 0 Å². The number of carbonyl (C=O) groups is 2. The first-order chi connectivity index (χ1) is 12.1. The molecule has 3 aromatic rings. The third-order valence-electron chi connectivity index (χ3n) is 4.19. The van der Waals surface area contributed by atoms with Crippen LogP contribution in [0.25, 0.3) is 16.6 Å². The summed E-state index contributed by atoms with van der Waals surface area (Å²) >= 11 is 0. The van der Waals surface area contributed by atoms with Crippen LogP contribution in [0.15, 0.2) is 60.8 Å². The molecule has 3 rings (SSSR count). The van der Waals surface area contributed by atoms with Crippen molar-refractivity contribution < 1.29 is 9.59 Å². The van der Waals surface area contributed by atoms with Crippen molar-refractivity contribution >= 4 is 17.2 Å². The van der Waals surface area contributed by atoms with Gasteiger partial charge in [0, 0.05) is 23.8 Å². The number of Topliss-reactive ketones (excluding diaryl/α,β-unsaturated/α-hetero) is 1. The van der Waals surface area contributed by atoms with E-state index < -0.39 is 11.7 Å². The average molecular weight is 334 g/mol. The van der Waals surface area contributed by atoms with Gasteiger partial charge >= 0.3 is 0 Å². The zero-order valence-electron chi connectivity index (χ0n) is 14.5. The van der Waals surface area contributed by atoms with E-state index in [1.807, 2.05) is 60.8 Å². The molecule has 4 heteroatoms. The maximum absolute atomic E-state index is 12.9. The second kappa shape index (κ2) is 7.34. The van der Waals surface area contributed by atoms with Gasteiger partial charge in [0.1, 0.15) is 5.69 Å². The van der Waals surface area contributed by atoms with E-state index in [1.54, 1.807) is 4.40 Å². The Bertz CT molecular complexity index is 895. The number of aromatic nitrogens is 1. The smallest absolute Gasteiger partial charge is 0.294 e. The molecule has 0 fully saturated rings. The minimum atomic E-state index is -0.554. The van der Waals surface area contributed by atoms with E-state index in [-0.39, 0.29) is 0 Å². The Hall–Kier alpha value is -2.88. The molecule has 0 saturated carbocycles. The maximum atomic E-state index is 12.9. The Balaban J connectivity index is 1.99. The Morgan fingerprint density at radius 3 is 2.48 bits per heavy atom. The van der Waals surface area contributed by atoms with Gasteiger partial charge in [-0.2, -0.15) is 0 Å². The van der Waals surface area contributed by atoms with Gasteiger partial charge in [-0.1, -0.05) is 50.2 Å². The molecule has 2 aromatic heterocycles. The summed E-state index contributed by atoms with van der Waals surface area (Å²) in [5.41, 5.74) is 2.99. The number of ketones is 1. The third-order valence-corrected chi connectivity index (χ3v) is 4.19. The molecule has 1 amide bonds. The highest BCUT2D eigenvalue weighted by atomic mass is 16.2. The van der Waals surface area contributed by atoms with Crippen molar-refractivity contribution in [1.82, 2.24) is 9.72 Å². The Morgan fingerprint density at radius 2 is 1.76 bits per heavy atom. The standard InChI is InChI=1S/C21H22N2O2/c1-15(2)11-12-22-21(25)20(24)19-18(16-8-4-3-5-9-16)14-17-10-6-7-13-23(17)19/h3-10,13-15H,11-12H2,1-2H3,(H,22,25). The zero-order valence-corrected chi connectivity index (χ0v) is 14.5. The number of nitrogens with one attached hydrogen (secondary N) is 1. The minimum absolute atomic E-state index is 0.406. The van der Waals surface area contributed by atoms with E-state index in [1.165, 1.54) is 0 Å². The summed E-state index contributed by atoms with van der Waals surface area (Å²) in [5, 5.41) is 2.74. The molecule has 0 saturated heterocycles. The van der Waals surface area contributed by atoms with Crippen LogP contribution < -0.4 is 5.32 Å². The van der Waals surface area contributed by atoms with Gasteiger partial charge < -0.3 is 9.72 Å². The molecule has 0 bridgehead atoms. The third kappa shape index (κ3) is 3.63. The van der Waals surface area contributed by atoms with Gasteiger partial charge in [-0.3, -0.25) is 9.59 Å². The number of benzene rings is 1. The van der Waals surface area contributed by atoms with Gasteiger partial charge in [0.25, 0.3) is 11.7 Å². The molecule has 128 valence electrons. The summed E-state index contributed by atoms with van der Waals surface area (Å²) in [5.74, 6) is -0.583. The van der Waals surface area contributed by atoms with Crippen molar-refractivity contribution in [3.8, 4) is 11.1 Å². The second-order valence-electron chi connectivity index (χ2n) is 6.54. The van der Waals surface area contributed by atoms with Crippen LogP contribution in [0.1, 0.15) is 30.8 Å². The first kappa shape index (κ1) is 17.0. The molecular formula is C21H22N2O2. The summed E-state index contributed by atoms with van der Waals surface area (Å²) in [4.78, 5) is 25.2. The van der Waals surface area contributed by atoms with Gasteiger partial charge in [-0.15, -0.1) is 0 Å². The lowest BCUT2D eigenvalue weighted by atomic mass is 10.0. The fourth-order valence-corrected chi connectivity index (χ4v) is 2.86. The molecule has 0 aliphatic rings. The summed E-state index contributed by atoms with van der Waals surface area (Å²) < 4.78 is 1.78. The molecule has 0 aliphatic carbocycles. The minimum Gasteiger partial charge on any atom is -0.349 e. The van der Waals surface area contributed by atoms with Crippen LogP contribution in [0.5, 0.6) is 0 Å². The quantitative estimate of drug-likeness (QED) is 0.548. The average Bonchev–Trinajstić information content (AvgIpc) is 3.01. The molecule has 1 aromatic carbocycles. The predicted octanol–water partition coefficient (Wildman–Crippen LogP) is 3.95. The molecule has 0 unspecified atom stereocenters. The van der Waals surface area contributed by atoms with E-state index in [4.69, 9.17) is 0 Å². The lowest BCUT2D eigenvalue weighted by molar-refractivity contribution is -0.117. The second-order valence-corrected chi connectivity index (χ2v) is 6.54. The summed E-state index contributed by atoms with van der Waals surface area (Å²) in [6.45, 7) is 4.68. The van der Waals surface area contributed by atoms with E-state index in [2.05, 4.69) is 19.2 Å². The number of carbonyl (C=O) groups excluding carboxylic acids is 2. The maximum Gasteiger partial charge on any atom is 0.294 e. The van der Waals surface area contributed by atoms with Gasteiger partial charge in [0.2, 0.25) is 0 Å². The lowest BCUT2D eigenvalue weighted by Gasteiger charge is -2.08. The normalized spacial score (nSPS) is 11.0. The Morgan fingerprint density at radius 1 is 1.04 bits per heavy atom. The van der Waals surface area contributed by atoms with Gasteiger partial charge in [0.15, 0.2) is 0 Å². The van der Waals surface area contributed by atoms with Crippen molar-refractivity contribution in [2.45, 2.75) is 20.3 Å². The number of nitrogens with zero attached hydrogens (tertiary/aromatic N) is 1. The van der Waals surface area contributed by atoms with Crippen LogP contribution in [-0.2, 0) is 4.79 Å². The summed E-state index contributed by atoms with van der Waals surface area (Å²) in [7, 11) is 0. The number of fused-ring (bicyclic) bond motifs is 1. The first-order valence-corrected chi connectivity index (χ1v) is 8.56. The van der Waals surface area contributed by atoms with Gasteiger partial charge in [-0.25, -0.2) is 0 Å². The monoisotopic (exact) mass is 334 g/mol. The Labute approximate surface area is 147 Å². The summed E-state index contributed by atoms with van der Waals surface area (Å²) in [6, 6.07) is 17.3. The van der Waals surface area contributed by atoms with Crippen LogP contribution in [0.2, 0.25) is 0 Å². The molecule has 25 heavy (non-hydrogen) atoms. The predicted molar refractivity (Wildman–Crippen MR) is 99.6 cm³/mol. The van der Waals surface area contributed by atoms with Crippen molar-refractivity contribution in [1.29, 1.82) is 0 Å². The van der Waals surface area contributed by atoms with Crippen molar-refractivity contribution in [2.24, 2.45) is 5.92 Å². The van der Waals surface area contributed by atoms with E-state index in [0.717, 1.165) is 23.1 Å². The molecule has 0 aliphatic heterocycles. The number of hydrogen-bond acceptors (Lipinski definition) is 2. The zero-order chi connectivity index (χ0) is 17.8. The van der Waals surface area contributed by atoms with Crippen LogP contribution in [0.3, 0.4) is 0 Å². The molecule has 0 spiro atoms. The van der Waals surface area contributed by atoms with Crippen LogP contribution in [0, 0.1) is 5.92 Å². The van der Waals surface area contributed by atoms with Crippen LogP contribution in [0.4, 0.5) is 0 Å². The highest BCUT2D eigenvalue weighted by Crippen LogP contribution is 2.28. The van der Waals surface area contributed by atoms with Crippen molar-refractivity contribution in [2.75, 3.05) is 6.54 Å². The van der Waals surface area contributed by atoms with Gasteiger partial charge in [-0.05, 0) is 36.1 Å². The molecule has 4 nitrogen and oxygen atoms in total. The lowest BCUT2D eigenvalue weighted by Crippen LogP contribution is -2.33. The number of rotatable bonds is 6. The fraction of sp³-hybridized carbons (Fsp3) is 0.238. The van der Waals surface area contributed by atoms with E-state index in [0.29, 0.717) is 18.2 Å². The molecule has 1 N–H and O–H groups in total. The molecule has 2 heterocycles. The number of hydrogen-bond donors (Lipinski definition) is 1. The topological polar surface area (TPSA) is 50.6 Å². The molecular weight excluding hydrogens is 312 g/mol. The first-order valence-electron chi connectivity index (χ1n) is 8.56.